The summed E-state index contributed by atoms with van der Waals surface area (Å²) < 4.78 is 0. The third kappa shape index (κ3) is 1.29. The second-order valence-electron chi connectivity index (χ2n) is 3.18. The first-order valence-corrected chi connectivity index (χ1v) is 4.46. The van der Waals surface area contributed by atoms with Crippen LogP contribution < -0.4 is 0 Å². The number of allylic oxidation sites excluding steroid dienone is 1. The van der Waals surface area contributed by atoms with Crippen molar-refractivity contribution in [1.29, 1.82) is 5.26 Å². The van der Waals surface area contributed by atoms with E-state index in [0.717, 1.165) is 11.9 Å². The van der Waals surface area contributed by atoms with Crippen molar-refractivity contribution in [2.45, 2.75) is 6.42 Å². The minimum absolute atomic E-state index is 0.685. The van der Waals surface area contributed by atoms with Crippen LogP contribution in [0.3, 0.4) is 0 Å². The Kier molecular flexibility index (Phi) is 2.08. The second-order valence-corrected chi connectivity index (χ2v) is 3.18. The fourth-order valence-electron chi connectivity index (χ4n) is 1.58. The van der Waals surface area contributed by atoms with Crippen molar-refractivity contribution >= 4 is 10.9 Å². The fraction of sp³-hybridized carbons (Fsp3) is 0.0833. The highest BCUT2D eigenvalue weighted by atomic mass is 14.7. The monoisotopic (exact) mass is 182 g/mol. The van der Waals surface area contributed by atoms with Gasteiger partial charge in [-0.15, -0.1) is 6.58 Å². The van der Waals surface area contributed by atoms with E-state index in [0.29, 0.717) is 5.56 Å². The molecule has 2 nitrogen and oxygen atoms in total. The molecule has 0 saturated carbocycles. The zero-order valence-corrected chi connectivity index (χ0v) is 7.75. The van der Waals surface area contributed by atoms with Crippen molar-refractivity contribution in [3.05, 3.63) is 48.2 Å². The zero-order chi connectivity index (χ0) is 9.97. The van der Waals surface area contributed by atoms with Crippen LogP contribution in [0, 0.1) is 11.3 Å². The van der Waals surface area contributed by atoms with Crippen LogP contribution in [0.15, 0.2) is 37.1 Å². The Hall–Kier alpha value is -2.01. The van der Waals surface area contributed by atoms with E-state index in [-0.39, 0.29) is 0 Å². The molecule has 0 saturated heterocycles. The van der Waals surface area contributed by atoms with Gasteiger partial charge in [-0.05, 0) is 24.1 Å². The molecule has 0 atom stereocenters. The summed E-state index contributed by atoms with van der Waals surface area (Å²) in [7, 11) is 0. The molecule has 2 heteroatoms. The summed E-state index contributed by atoms with van der Waals surface area (Å²) in [5.41, 5.74) is 2.92. The van der Waals surface area contributed by atoms with E-state index in [1.165, 1.54) is 10.9 Å². The lowest BCUT2D eigenvalue weighted by atomic mass is 10.1. The molecule has 0 radical (unpaired) electrons. The first kappa shape index (κ1) is 8.58. The molecule has 1 N–H and O–H groups in total. The maximum atomic E-state index is 8.73. The van der Waals surface area contributed by atoms with Gasteiger partial charge in [0, 0.05) is 17.1 Å². The van der Waals surface area contributed by atoms with Crippen LogP contribution in [0.25, 0.3) is 10.9 Å². The lowest BCUT2D eigenvalue weighted by Crippen LogP contribution is -1.77. The number of fused-ring (bicyclic) bond motifs is 1. The summed E-state index contributed by atoms with van der Waals surface area (Å²) in [5, 5.41) is 9.90. The molecular weight excluding hydrogens is 172 g/mol. The van der Waals surface area contributed by atoms with E-state index in [1.54, 1.807) is 0 Å². The molecule has 0 aliphatic carbocycles. The van der Waals surface area contributed by atoms with Gasteiger partial charge in [-0.1, -0.05) is 12.1 Å². The standard InChI is InChI=1S/C12H10N2/c1-2-3-10-8-14-12-6-9(7-13)4-5-11(10)12/h2,4-6,8,14H,1,3H2. The predicted octanol–water partition coefficient (Wildman–Crippen LogP) is 2.77. The number of benzene rings is 1. The summed E-state index contributed by atoms with van der Waals surface area (Å²) in [4.78, 5) is 3.15. The van der Waals surface area contributed by atoms with Gasteiger partial charge in [-0.2, -0.15) is 5.26 Å². The predicted molar refractivity (Wildman–Crippen MR) is 56.9 cm³/mol. The summed E-state index contributed by atoms with van der Waals surface area (Å²) in [5.74, 6) is 0. The van der Waals surface area contributed by atoms with Crippen LogP contribution in [-0.4, -0.2) is 4.98 Å². The Labute approximate surface area is 82.5 Å². The van der Waals surface area contributed by atoms with Gasteiger partial charge in [0.05, 0.1) is 11.6 Å². The molecule has 0 fully saturated rings. The van der Waals surface area contributed by atoms with Crippen molar-refractivity contribution in [1.82, 2.24) is 4.98 Å². The molecule has 0 unspecified atom stereocenters. The zero-order valence-electron chi connectivity index (χ0n) is 7.75. The van der Waals surface area contributed by atoms with Crippen LogP contribution >= 0.6 is 0 Å². The third-order valence-corrected chi connectivity index (χ3v) is 2.26. The smallest absolute Gasteiger partial charge is 0.0992 e. The number of aromatic amines is 1. The Morgan fingerprint density at radius 2 is 2.36 bits per heavy atom. The molecule has 68 valence electrons. The highest BCUT2D eigenvalue weighted by Crippen LogP contribution is 2.19. The molecule has 0 amide bonds. The molecule has 0 aliphatic heterocycles. The second kappa shape index (κ2) is 3.39. The van der Waals surface area contributed by atoms with E-state index in [9.17, 15) is 0 Å². The van der Waals surface area contributed by atoms with Gasteiger partial charge in [0.15, 0.2) is 0 Å². The summed E-state index contributed by atoms with van der Waals surface area (Å²) in [6.45, 7) is 3.71. The number of hydrogen-bond acceptors (Lipinski definition) is 1. The molecule has 2 aromatic rings. The number of rotatable bonds is 2. The van der Waals surface area contributed by atoms with Gasteiger partial charge in [0.2, 0.25) is 0 Å². The van der Waals surface area contributed by atoms with Gasteiger partial charge < -0.3 is 4.98 Å². The van der Waals surface area contributed by atoms with Crippen LogP contribution in [0.2, 0.25) is 0 Å². The highest BCUT2D eigenvalue weighted by Gasteiger charge is 2.02. The number of nitriles is 1. The average molecular weight is 182 g/mol. The number of nitrogens with one attached hydrogen (secondary N) is 1. The van der Waals surface area contributed by atoms with E-state index in [4.69, 9.17) is 5.26 Å². The maximum absolute atomic E-state index is 8.73. The molecule has 1 aromatic heterocycles. The van der Waals surface area contributed by atoms with Crippen molar-refractivity contribution in [3.63, 3.8) is 0 Å². The van der Waals surface area contributed by atoms with Crippen molar-refractivity contribution in [3.8, 4) is 6.07 Å². The largest absolute Gasteiger partial charge is 0.361 e. The SMILES string of the molecule is C=CCc1c[nH]c2cc(C#N)ccc12. The fourth-order valence-corrected chi connectivity index (χ4v) is 1.58. The van der Waals surface area contributed by atoms with Gasteiger partial charge in [-0.3, -0.25) is 0 Å². The first-order valence-electron chi connectivity index (χ1n) is 4.46. The number of aromatic nitrogens is 1. The van der Waals surface area contributed by atoms with Crippen molar-refractivity contribution in [2.24, 2.45) is 0 Å². The lowest BCUT2D eigenvalue weighted by Gasteiger charge is -1.93. The van der Waals surface area contributed by atoms with Gasteiger partial charge in [0.25, 0.3) is 0 Å². The van der Waals surface area contributed by atoms with Gasteiger partial charge in [-0.25, -0.2) is 0 Å². The number of H-pyrrole nitrogens is 1. The highest BCUT2D eigenvalue weighted by molar-refractivity contribution is 5.84. The third-order valence-electron chi connectivity index (χ3n) is 2.26. The Morgan fingerprint density at radius 1 is 1.50 bits per heavy atom. The lowest BCUT2D eigenvalue weighted by molar-refractivity contribution is 1.29. The maximum Gasteiger partial charge on any atom is 0.0992 e. The van der Waals surface area contributed by atoms with Crippen molar-refractivity contribution in [2.75, 3.05) is 0 Å². The molecule has 1 heterocycles. The van der Waals surface area contributed by atoms with Gasteiger partial charge >= 0.3 is 0 Å². The van der Waals surface area contributed by atoms with Gasteiger partial charge in [0.1, 0.15) is 0 Å². The number of hydrogen-bond donors (Lipinski definition) is 1. The van der Waals surface area contributed by atoms with Crippen LogP contribution in [0.4, 0.5) is 0 Å². The van der Waals surface area contributed by atoms with E-state index < -0.39 is 0 Å². The normalized spacial score (nSPS) is 9.93. The molecule has 14 heavy (non-hydrogen) atoms. The topological polar surface area (TPSA) is 39.6 Å². The van der Waals surface area contributed by atoms with E-state index in [1.807, 2.05) is 30.5 Å². The minimum Gasteiger partial charge on any atom is -0.361 e. The minimum atomic E-state index is 0.685. The molecule has 0 spiro atoms. The number of nitrogens with zero attached hydrogens (tertiary/aromatic N) is 1. The van der Waals surface area contributed by atoms with Crippen LogP contribution in [-0.2, 0) is 6.42 Å². The molecular formula is C12H10N2. The van der Waals surface area contributed by atoms with E-state index >= 15 is 0 Å². The molecule has 1 aromatic carbocycles. The van der Waals surface area contributed by atoms with E-state index in [2.05, 4.69) is 17.6 Å². The van der Waals surface area contributed by atoms with Crippen molar-refractivity contribution < 1.29 is 0 Å². The Morgan fingerprint density at radius 3 is 3.07 bits per heavy atom. The molecule has 0 bridgehead atoms. The Balaban J connectivity index is 2.60. The summed E-state index contributed by atoms with van der Waals surface area (Å²) in [6, 6.07) is 7.79. The molecule has 0 aliphatic rings. The average Bonchev–Trinajstić information content (AvgIpc) is 2.61. The van der Waals surface area contributed by atoms with Crippen LogP contribution in [0.1, 0.15) is 11.1 Å². The van der Waals surface area contributed by atoms with Crippen LogP contribution in [0.5, 0.6) is 0 Å². The first-order chi connectivity index (χ1) is 6.85. The quantitative estimate of drug-likeness (QED) is 0.712. The summed E-state index contributed by atoms with van der Waals surface area (Å²) in [6.07, 6.45) is 4.69. The summed E-state index contributed by atoms with van der Waals surface area (Å²) >= 11 is 0. The molecule has 2 rings (SSSR count). The Bertz CT molecular complexity index is 515.